The van der Waals surface area contributed by atoms with Gasteiger partial charge in [-0.3, -0.25) is 9.69 Å². The monoisotopic (exact) mass is 308 g/mol. The average molecular weight is 308 g/mol. The molecule has 1 N–H and O–H groups in total. The van der Waals surface area contributed by atoms with Crippen LogP contribution < -0.4 is 0 Å². The molecule has 0 bridgehead atoms. The molecule has 122 valence electrons. The highest BCUT2D eigenvalue weighted by Gasteiger charge is 2.26. The van der Waals surface area contributed by atoms with Crippen LogP contribution in [0.1, 0.15) is 37.8 Å². The van der Waals surface area contributed by atoms with Crippen LogP contribution in [-0.2, 0) is 4.79 Å². The van der Waals surface area contributed by atoms with Gasteiger partial charge in [-0.25, -0.2) is 4.39 Å². The molecule has 2 unspecified atom stereocenters. The molecule has 1 aliphatic rings. The predicted octanol–water partition coefficient (Wildman–Crippen LogP) is 2.19. The summed E-state index contributed by atoms with van der Waals surface area (Å²) in [4.78, 5) is 16.2. The molecule has 2 rings (SSSR count). The van der Waals surface area contributed by atoms with Gasteiger partial charge in [0.15, 0.2) is 0 Å². The standard InChI is InChI=1S/C17H25FN2O2/c1-13(14-6-8-15(18)9-7-14)19(2)17(22)11-20-10-4-3-5-16(20)12-21/h6-9,13,16,21H,3-5,10-12H2,1-2H3. The molecule has 1 amide bonds. The number of hydrogen-bond acceptors (Lipinski definition) is 3. The Labute approximate surface area is 131 Å². The summed E-state index contributed by atoms with van der Waals surface area (Å²) in [5, 5.41) is 9.42. The minimum absolute atomic E-state index is 0.0252. The number of hydrogen-bond donors (Lipinski definition) is 1. The average Bonchev–Trinajstić information content (AvgIpc) is 2.54. The number of likely N-dealkylation sites (tertiary alicyclic amines) is 1. The van der Waals surface area contributed by atoms with Crippen LogP contribution in [0.3, 0.4) is 0 Å². The molecule has 1 saturated heterocycles. The zero-order chi connectivity index (χ0) is 16.1. The number of amides is 1. The second-order valence-electron chi connectivity index (χ2n) is 6.03. The minimum Gasteiger partial charge on any atom is -0.395 e. The van der Waals surface area contributed by atoms with E-state index in [1.54, 1.807) is 24.1 Å². The van der Waals surface area contributed by atoms with E-state index in [4.69, 9.17) is 0 Å². The number of aliphatic hydroxyl groups is 1. The molecule has 5 heteroatoms. The number of benzene rings is 1. The fourth-order valence-electron chi connectivity index (χ4n) is 2.94. The predicted molar refractivity (Wildman–Crippen MR) is 83.9 cm³/mol. The van der Waals surface area contributed by atoms with Crippen LogP contribution in [0.2, 0.25) is 0 Å². The molecule has 1 aromatic rings. The van der Waals surface area contributed by atoms with Gasteiger partial charge in [0.25, 0.3) is 0 Å². The Hall–Kier alpha value is -1.46. The largest absolute Gasteiger partial charge is 0.395 e. The number of likely N-dealkylation sites (N-methyl/N-ethyl adjacent to an activating group) is 1. The molecule has 0 spiro atoms. The summed E-state index contributed by atoms with van der Waals surface area (Å²) in [6.07, 6.45) is 3.12. The molecular weight excluding hydrogens is 283 g/mol. The van der Waals surface area contributed by atoms with E-state index in [1.165, 1.54) is 12.1 Å². The van der Waals surface area contributed by atoms with Crippen LogP contribution >= 0.6 is 0 Å². The summed E-state index contributed by atoms with van der Waals surface area (Å²) in [6, 6.07) is 6.23. The third-order valence-electron chi connectivity index (χ3n) is 4.62. The molecule has 1 heterocycles. The lowest BCUT2D eigenvalue weighted by Gasteiger charge is -2.36. The van der Waals surface area contributed by atoms with Gasteiger partial charge >= 0.3 is 0 Å². The van der Waals surface area contributed by atoms with E-state index >= 15 is 0 Å². The number of carbonyl (C=O) groups excluding carboxylic acids is 1. The van der Waals surface area contributed by atoms with Crippen molar-refractivity contribution in [2.45, 2.75) is 38.3 Å². The molecule has 2 atom stereocenters. The first kappa shape index (κ1) is 16.9. The van der Waals surface area contributed by atoms with Crippen molar-refractivity contribution in [2.75, 3.05) is 26.7 Å². The number of halogens is 1. The third kappa shape index (κ3) is 4.05. The van der Waals surface area contributed by atoms with Gasteiger partial charge in [-0.15, -0.1) is 0 Å². The lowest BCUT2D eigenvalue weighted by molar-refractivity contribution is -0.134. The maximum Gasteiger partial charge on any atom is 0.237 e. The second-order valence-corrected chi connectivity index (χ2v) is 6.03. The number of nitrogens with zero attached hydrogens (tertiary/aromatic N) is 2. The van der Waals surface area contributed by atoms with Crippen molar-refractivity contribution in [3.05, 3.63) is 35.6 Å². The summed E-state index contributed by atoms with van der Waals surface area (Å²) in [5.74, 6) is -0.249. The molecule has 0 aromatic heterocycles. The molecule has 1 aromatic carbocycles. The van der Waals surface area contributed by atoms with E-state index in [0.717, 1.165) is 31.4 Å². The van der Waals surface area contributed by atoms with E-state index in [-0.39, 0.29) is 30.4 Å². The molecular formula is C17H25FN2O2. The third-order valence-corrected chi connectivity index (χ3v) is 4.62. The van der Waals surface area contributed by atoms with Crippen molar-refractivity contribution >= 4 is 5.91 Å². The molecule has 4 nitrogen and oxygen atoms in total. The number of carbonyl (C=O) groups is 1. The quantitative estimate of drug-likeness (QED) is 0.907. The Morgan fingerprint density at radius 3 is 2.73 bits per heavy atom. The van der Waals surface area contributed by atoms with Crippen molar-refractivity contribution in [2.24, 2.45) is 0 Å². The normalized spacial score (nSPS) is 20.6. The van der Waals surface area contributed by atoms with Gasteiger partial charge in [-0.2, -0.15) is 0 Å². The van der Waals surface area contributed by atoms with Crippen molar-refractivity contribution in [1.29, 1.82) is 0 Å². The summed E-state index contributed by atoms with van der Waals surface area (Å²) in [5.41, 5.74) is 0.912. The summed E-state index contributed by atoms with van der Waals surface area (Å²) < 4.78 is 13.0. The number of rotatable bonds is 5. The van der Waals surface area contributed by atoms with Crippen LogP contribution in [0.25, 0.3) is 0 Å². The van der Waals surface area contributed by atoms with Crippen molar-refractivity contribution in [3.8, 4) is 0 Å². The molecule has 22 heavy (non-hydrogen) atoms. The van der Waals surface area contributed by atoms with E-state index in [9.17, 15) is 14.3 Å². The zero-order valence-corrected chi connectivity index (χ0v) is 13.3. The van der Waals surface area contributed by atoms with Gasteiger partial charge in [-0.05, 0) is 44.0 Å². The topological polar surface area (TPSA) is 43.8 Å². The fourth-order valence-corrected chi connectivity index (χ4v) is 2.94. The lowest BCUT2D eigenvalue weighted by Crippen LogP contribution is -2.47. The molecule has 0 saturated carbocycles. The van der Waals surface area contributed by atoms with Crippen LogP contribution in [0, 0.1) is 5.82 Å². The molecule has 1 fully saturated rings. The maximum absolute atomic E-state index is 13.0. The first-order valence-corrected chi connectivity index (χ1v) is 7.89. The Bertz CT molecular complexity index is 492. The van der Waals surface area contributed by atoms with E-state index in [0.29, 0.717) is 6.54 Å². The summed E-state index contributed by atoms with van der Waals surface area (Å²) in [6.45, 7) is 3.22. The SMILES string of the molecule is CC(c1ccc(F)cc1)N(C)C(=O)CN1CCCCC1CO. The van der Waals surface area contributed by atoms with Gasteiger partial charge in [0, 0.05) is 13.1 Å². The van der Waals surface area contributed by atoms with Crippen LogP contribution in [0.5, 0.6) is 0 Å². The van der Waals surface area contributed by atoms with Crippen molar-refractivity contribution < 1.29 is 14.3 Å². The van der Waals surface area contributed by atoms with Gasteiger partial charge in [0.2, 0.25) is 5.91 Å². The highest BCUT2D eigenvalue weighted by molar-refractivity contribution is 5.78. The Kier molecular flexibility index (Phi) is 5.91. The first-order chi connectivity index (χ1) is 10.5. The maximum atomic E-state index is 13.0. The smallest absolute Gasteiger partial charge is 0.237 e. The Morgan fingerprint density at radius 1 is 1.41 bits per heavy atom. The van der Waals surface area contributed by atoms with E-state index in [2.05, 4.69) is 4.90 Å². The summed E-state index contributed by atoms with van der Waals surface area (Å²) >= 11 is 0. The molecule has 1 aliphatic heterocycles. The zero-order valence-electron chi connectivity index (χ0n) is 13.3. The highest BCUT2D eigenvalue weighted by atomic mass is 19.1. The Morgan fingerprint density at radius 2 is 2.09 bits per heavy atom. The summed E-state index contributed by atoms with van der Waals surface area (Å²) in [7, 11) is 1.77. The minimum atomic E-state index is -0.274. The first-order valence-electron chi connectivity index (χ1n) is 7.89. The van der Waals surface area contributed by atoms with E-state index < -0.39 is 0 Å². The van der Waals surface area contributed by atoms with Crippen LogP contribution in [0.15, 0.2) is 24.3 Å². The molecule has 0 radical (unpaired) electrons. The van der Waals surface area contributed by atoms with Gasteiger partial charge < -0.3 is 10.0 Å². The molecule has 0 aliphatic carbocycles. The number of aliphatic hydroxyl groups excluding tert-OH is 1. The van der Waals surface area contributed by atoms with Gasteiger partial charge in [-0.1, -0.05) is 18.6 Å². The lowest BCUT2D eigenvalue weighted by atomic mass is 10.0. The van der Waals surface area contributed by atoms with E-state index in [1.807, 2.05) is 6.92 Å². The van der Waals surface area contributed by atoms with Crippen LogP contribution in [0.4, 0.5) is 4.39 Å². The van der Waals surface area contributed by atoms with Crippen molar-refractivity contribution in [3.63, 3.8) is 0 Å². The second kappa shape index (κ2) is 7.70. The highest BCUT2D eigenvalue weighted by Crippen LogP contribution is 2.21. The van der Waals surface area contributed by atoms with Gasteiger partial charge in [0.1, 0.15) is 5.82 Å². The van der Waals surface area contributed by atoms with Crippen LogP contribution in [-0.4, -0.2) is 53.6 Å². The van der Waals surface area contributed by atoms with Gasteiger partial charge in [0.05, 0.1) is 19.2 Å². The Balaban J connectivity index is 1.97. The fraction of sp³-hybridized carbons (Fsp3) is 0.588. The number of piperidine rings is 1. The van der Waals surface area contributed by atoms with Crippen molar-refractivity contribution in [1.82, 2.24) is 9.80 Å².